The summed E-state index contributed by atoms with van der Waals surface area (Å²) in [5.41, 5.74) is 4.16. The number of carbonyl (C=O) groups is 1. The zero-order chi connectivity index (χ0) is 15.1. The Bertz CT molecular complexity index is 431. The van der Waals surface area contributed by atoms with Crippen molar-refractivity contribution >= 4 is 11.8 Å². The van der Waals surface area contributed by atoms with Gasteiger partial charge in [-0.3, -0.25) is 5.32 Å². The van der Waals surface area contributed by atoms with Crippen molar-refractivity contribution in [1.82, 2.24) is 4.90 Å². The van der Waals surface area contributed by atoms with E-state index in [1.807, 2.05) is 20.8 Å². The number of likely N-dealkylation sites (N-methyl/N-ethyl adjacent to an activating group) is 1. The fraction of sp³-hybridized carbons (Fsp3) is 0.562. The molecule has 1 amide bonds. The number of nitrogens with one attached hydrogen (secondary N) is 1. The van der Waals surface area contributed by atoms with E-state index in [-0.39, 0.29) is 6.09 Å². The molecular formula is C16H26N2O2. The molecule has 1 aromatic rings. The van der Waals surface area contributed by atoms with E-state index in [0.29, 0.717) is 6.61 Å². The minimum atomic E-state index is -0.382. The van der Waals surface area contributed by atoms with Crippen molar-refractivity contribution in [2.75, 3.05) is 31.6 Å². The molecule has 0 radical (unpaired) electrons. The summed E-state index contributed by atoms with van der Waals surface area (Å²) in [6.45, 7) is 13.4. The van der Waals surface area contributed by atoms with Gasteiger partial charge in [0.05, 0.1) is 0 Å². The lowest BCUT2D eigenvalue weighted by molar-refractivity contribution is 0.142. The quantitative estimate of drug-likeness (QED) is 0.866. The number of ether oxygens (including phenoxy) is 1. The summed E-state index contributed by atoms with van der Waals surface area (Å²) in [4.78, 5) is 14.0. The van der Waals surface area contributed by atoms with Gasteiger partial charge in [0.2, 0.25) is 0 Å². The lowest BCUT2D eigenvalue weighted by Gasteiger charge is -2.18. The van der Waals surface area contributed by atoms with Crippen LogP contribution in [0.2, 0.25) is 0 Å². The highest BCUT2D eigenvalue weighted by molar-refractivity contribution is 5.86. The Labute approximate surface area is 122 Å². The highest BCUT2D eigenvalue weighted by Crippen LogP contribution is 2.21. The van der Waals surface area contributed by atoms with Crippen molar-refractivity contribution in [3.05, 3.63) is 28.8 Å². The molecule has 0 bridgehead atoms. The van der Waals surface area contributed by atoms with Crippen LogP contribution in [0.15, 0.2) is 12.1 Å². The van der Waals surface area contributed by atoms with E-state index in [0.717, 1.165) is 36.4 Å². The molecule has 0 unspecified atom stereocenters. The molecule has 1 aromatic carbocycles. The molecule has 0 fully saturated rings. The van der Waals surface area contributed by atoms with Gasteiger partial charge in [-0.2, -0.15) is 0 Å². The van der Waals surface area contributed by atoms with E-state index in [2.05, 4.69) is 36.2 Å². The molecule has 4 nitrogen and oxygen atoms in total. The molecular weight excluding hydrogens is 252 g/mol. The number of anilines is 1. The summed E-state index contributed by atoms with van der Waals surface area (Å²) in [7, 11) is 0. The Morgan fingerprint density at radius 2 is 1.70 bits per heavy atom. The maximum absolute atomic E-state index is 11.8. The lowest BCUT2D eigenvalue weighted by Crippen LogP contribution is -2.28. The highest BCUT2D eigenvalue weighted by atomic mass is 16.5. The summed E-state index contributed by atoms with van der Waals surface area (Å²) in [6.07, 6.45) is -0.382. The second-order valence-electron chi connectivity index (χ2n) is 5.06. The van der Waals surface area contributed by atoms with Crippen LogP contribution < -0.4 is 5.32 Å². The fourth-order valence-electron chi connectivity index (χ4n) is 2.32. The number of hydrogen-bond acceptors (Lipinski definition) is 3. The number of rotatable bonds is 6. The summed E-state index contributed by atoms with van der Waals surface area (Å²) < 4.78 is 5.23. The molecule has 0 aromatic heterocycles. The molecule has 0 spiro atoms. The van der Waals surface area contributed by atoms with Gasteiger partial charge in [0.1, 0.15) is 6.61 Å². The average molecular weight is 278 g/mol. The molecule has 1 rings (SSSR count). The first kappa shape index (κ1) is 16.5. The molecule has 0 aliphatic heterocycles. The minimum Gasteiger partial charge on any atom is -0.448 e. The predicted octanol–water partition coefficient (Wildman–Crippen LogP) is 3.50. The summed E-state index contributed by atoms with van der Waals surface area (Å²) in [5, 5.41) is 2.84. The largest absolute Gasteiger partial charge is 0.448 e. The van der Waals surface area contributed by atoms with Crippen LogP contribution in [0.3, 0.4) is 0 Å². The van der Waals surface area contributed by atoms with E-state index < -0.39 is 0 Å². The zero-order valence-corrected chi connectivity index (χ0v) is 13.2. The van der Waals surface area contributed by atoms with E-state index in [4.69, 9.17) is 4.74 Å². The van der Waals surface area contributed by atoms with Gasteiger partial charge in [-0.15, -0.1) is 0 Å². The Hall–Kier alpha value is -1.55. The number of aryl methyl sites for hydroxylation is 3. The summed E-state index contributed by atoms with van der Waals surface area (Å²) in [5.74, 6) is 0. The van der Waals surface area contributed by atoms with Gasteiger partial charge in [-0.1, -0.05) is 31.5 Å². The first-order chi connectivity index (χ1) is 9.47. The maximum atomic E-state index is 11.8. The summed E-state index contributed by atoms with van der Waals surface area (Å²) >= 11 is 0. The van der Waals surface area contributed by atoms with Crippen LogP contribution in [-0.2, 0) is 4.74 Å². The van der Waals surface area contributed by atoms with Crippen LogP contribution in [0.1, 0.15) is 30.5 Å². The SMILES string of the molecule is CCN(CC)CCOC(=O)Nc1c(C)cc(C)cc1C. The average Bonchev–Trinajstić information content (AvgIpc) is 2.39. The molecule has 0 heterocycles. The molecule has 0 atom stereocenters. The molecule has 0 aliphatic carbocycles. The van der Waals surface area contributed by atoms with Crippen molar-refractivity contribution in [2.45, 2.75) is 34.6 Å². The zero-order valence-electron chi connectivity index (χ0n) is 13.2. The number of carbonyl (C=O) groups excluding carboxylic acids is 1. The normalized spacial score (nSPS) is 10.7. The summed E-state index contributed by atoms with van der Waals surface area (Å²) in [6, 6.07) is 4.11. The van der Waals surface area contributed by atoms with Crippen molar-refractivity contribution in [3.8, 4) is 0 Å². The Morgan fingerprint density at radius 3 is 2.20 bits per heavy atom. The first-order valence-electron chi connectivity index (χ1n) is 7.21. The fourth-order valence-corrected chi connectivity index (χ4v) is 2.32. The molecule has 112 valence electrons. The van der Waals surface area contributed by atoms with E-state index in [1.54, 1.807) is 0 Å². The van der Waals surface area contributed by atoms with E-state index in [1.165, 1.54) is 5.56 Å². The lowest BCUT2D eigenvalue weighted by atomic mass is 10.1. The van der Waals surface area contributed by atoms with E-state index >= 15 is 0 Å². The monoisotopic (exact) mass is 278 g/mol. The number of benzene rings is 1. The molecule has 20 heavy (non-hydrogen) atoms. The number of nitrogens with zero attached hydrogens (tertiary/aromatic N) is 1. The van der Waals surface area contributed by atoms with Gasteiger partial charge >= 0.3 is 6.09 Å². The minimum absolute atomic E-state index is 0.382. The molecule has 0 saturated heterocycles. The van der Waals surface area contributed by atoms with Gasteiger partial charge < -0.3 is 9.64 Å². The smallest absolute Gasteiger partial charge is 0.411 e. The van der Waals surface area contributed by atoms with E-state index in [9.17, 15) is 4.79 Å². The van der Waals surface area contributed by atoms with Gasteiger partial charge in [-0.25, -0.2) is 4.79 Å². The number of hydrogen-bond donors (Lipinski definition) is 1. The van der Waals surface area contributed by atoms with Crippen LogP contribution in [0.5, 0.6) is 0 Å². The first-order valence-corrected chi connectivity index (χ1v) is 7.21. The molecule has 4 heteroatoms. The third kappa shape index (κ3) is 4.85. The molecule has 0 aliphatic rings. The van der Waals surface area contributed by atoms with Crippen LogP contribution >= 0.6 is 0 Å². The molecule has 0 saturated carbocycles. The van der Waals surface area contributed by atoms with Gasteiger partial charge in [0.25, 0.3) is 0 Å². The number of amides is 1. The van der Waals surface area contributed by atoms with Gasteiger partial charge in [0.15, 0.2) is 0 Å². The molecule has 1 N–H and O–H groups in total. The standard InChI is InChI=1S/C16H26N2O2/c1-6-18(7-2)8-9-20-16(19)17-15-13(4)10-12(3)11-14(15)5/h10-11H,6-9H2,1-5H3,(H,17,19). The van der Waals surface area contributed by atoms with Crippen molar-refractivity contribution in [1.29, 1.82) is 0 Å². The van der Waals surface area contributed by atoms with Crippen molar-refractivity contribution in [2.24, 2.45) is 0 Å². The second-order valence-corrected chi connectivity index (χ2v) is 5.06. The van der Waals surface area contributed by atoms with Crippen molar-refractivity contribution in [3.63, 3.8) is 0 Å². The Balaban J connectivity index is 2.51. The topological polar surface area (TPSA) is 41.6 Å². The van der Waals surface area contributed by atoms with Crippen LogP contribution in [-0.4, -0.2) is 37.2 Å². The second kappa shape index (κ2) is 7.90. The van der Waals surface area contributed by atoms with Gasteiger partial charge in [-0.05, 0) is 45.0 Å². The highest BCUT2D eigenvalue weighted by Gasteiger charge is 2.09. The van der Waals surface area contributed by atoms with Crippen LogP contribution in [0.4, 0.5) is 10.5 Å². The van der Waals surface area contributed by atoms with Crippen LogP contribution in [0.25, 0.3) is 0 Å². The van der Waals surface area contributed by atoms with Crippen LogP contribution in [0, 0.1) is 20.8 Å². The van der Waals surface area contributed by atoms with Gasteiger partial charge in [0, 0.05) is 12.2 Å². The Kier molecular flexibility index (Phi) is 6.52. The third-order valence-corrected chi connectivity index (χ3v) is 3.44. The Morgan fingerprint density at radius 1 is 1.15 bits per heavy atom. The maximum Gasteiger partial charge on any atom is 0.411 e. The van der Waals surface area contributed by atoms with Crippen molar-refractivity contribution < 1.29 is 9.53 Å². The predicted molar refractivity (Wildman–Crippen MR) is 83.4 cm³/mol. The third-order valence-electron chi connectivity index (χ3n) is 3.44.